The first-order chi connectivity index (χ1) is 14.5. The van der Waals surface area contributed by atoms with Gasteiger partial charge in [-0.3, -0.25) is 4.79 Å². The molecule has 152 valence electrons. The van der Waals surface area contributed by atoms with E-state index in [2.05, 4.69) is 10.3 Å². The Bertz CT molecular complexity index is 1200. The number of carbonyl (C=O) groups excluding carboxylic acids is 1. The molecule has 3 aromatic rings. The van der Waals surface area contributed by atoms with Crippen molar-refractivity contribution in [3.8, 4) is 17.1 Å². The zero-order chi connectivity index (χ0) is 20.8. The maximum atomic E-state index is 12.9. The van der Waals surface area contributed by atoms with Crippen LogP contribution < -0.4 is 10.1 Å². The van der Waals surface area contributed by atoms with Gasteiger partial charge in [0.05, 0.1) is 17.2 Å². The summed E-state index contributed by atoms with van der Waals surface area (Å²) in [5, 5.41) is 8.99. The lowest BCUT2D eigenvalue weighted by atomic mass is 9.85. The highest BCUT2D eigenvalue weighted by Crippen LogP contribution is 2.41. The van der Waals surface area contributed by atoms with E-state index in [1.165, 1.54) is 0 Å². The molecule has 0 radical (unpaired) electrons. The zero-order valence-electron chi connectivity index (χ0n) is 16.2. The Balaban J connectivity index is 1.67. The number of Topliss-reactive ketones (excluding diaryl/α,β-unsaturated/α-hetero) is 1. The van der Waals surface area contributed by atoms with Crippen LogP contribution in [0.3, 0.4) is 0 Å². The van der Waals surface area contributed by atoms with E-state index < -0.39 is 0 Å². The SMILES string of the molecule is COc1cccc(C2C3=C(CCCC3=O)Nc3nc(-c4ccc(Cl)c(Cl)c4)nn32)c1. The molecule has 0 fully saturated rings. The number of ketones is 1. The van der Waals surface area contributed by atoms with E-state index >= 15 is 0 Å². The van der Waals surface area contributed by atoms with Gasteiger partial charge in [-0.2, -0.15) is 4.98 Å². The van der Waals surface area contributed by atoms with Crippen LogP contribution in [0.25, 0.3) is 11.4 Å². The quantitative estimate of drug-likeness (QED) is 0.599. The van der Waals surface area contributed by atoms with Crippen molar-refractivity contribution in [3.63, 3.8) is 0 Å². The summed E-state index contributed by atoms with van der Waals surface area (Å²) in [5.41, 5.74) is 3.33. The van der Waals surface area contributed by atoms with Crippen molar-refractivity contribution < 1.29 is 9.53 Å². The number of hydrogen-bond acceptors (Lipinski definition) is 5. The number of halogens is 2. The summed E-state index contributed by atoms with van der Waals surface area (Å²) in [4.78, 5) is 17.6. The molecule has 1 aromatic heterocycles. The van der Waals surface area contributed by atoms with E-state index in [4.69, 9.17) is 33.0 Å². The number of hydrogen-bond donors (Lipinski definition) is 1. The molecule has 1 atom stereocenters. The smallest absolute Gasteiger partial charge is 0.226 e. The Labute approximate surface area is 183 Å². The predicted octanol–water partition coefficient (Wildman–Crippen LogP) is 5.28. The van der Waals surface area contributed by atoms with Gasteiger partial charge < -0.3 is 10.1 Å². The molecular formula is C22H18Cl2N4O2. The Morgan fingerprint density at radius 2 is 2.00 bits per heavy atom. The first kappa shape index (κ1) is 19.2. The highest BCUT2D eigenvalue weighted by molar-refractivity contribution is 6.42. The Morgan fingerprint density at radius 1 is 1.13 bits per heavy atom. The fraction of sp³-hybridized carbons (Fsp3) is 0.227. The number of nitrogens with one attached hydrogen (secondary N) is 1. The van der Waals surface area contributed by atoms with Crippen molar-refractivity contribution in [2.45, 2.75) is 25.3 Å². The van der Waals surface area contributed by atoms with Gasteiger partial charge in [0.15, 0.2) is 11.6 Å². The molecule has 0 spiro atoms. The summed E-state index contributed by atoms with van der Waals surface area (Å²) in [6.45, 7) is 0. The third-order valence-electron chi connectivity index (χ3n) is 5.46. The van der Waals surface area contributed by atoms with Crippen molar-refractivity contribution in [2.24, 2.45) is 0 Å². The maximum Gasteiger partial charge on any atom is 0.226 e. The lowest BCUT2D eigenvalue weighted by Gasteiger charge is -2.32. The van der Waals surface area contributed by atoms with Gasteiger partial charge in [0.2, 0.25) is 5.95 Å². The Morgan fingerprint density at radius 3 is 2.80 bits per heavy atom. The van der Waals surface area contributed by atoms with E-state index in [-0.39, 0.29) is 11.8 Å². The molecule has 5 rings (SSSR count). The van der Waals surface area contributed by atoms with Crippen LogP contribution in [0.1, 0.15) is 30.9 Å². The normalized spacial score (nSPS) is 18.0. The molecule has 8 heteroatoms. The van der Waals surface area contributed by atoms with Crippen LogP contribution in [-0.4, -0.2) is 27.7 Å². The zero-order valence-corrected chi connectivity index (χ0v) is 17.7. The minimum absolute atomic E-state index is 0.133. The lowest BCUT2D eigenvalue weighted by molar-refractivity contribution is -0.116. The second-order valence-electron chi connectivity index (χ2n) is 7.31. The third-order valence-corrected chi connectivity index (χ3v) is 6.19. The summed E-state index contributed by atoms with van der Waals surface area (Å²) < 4.78 is 7.18. The van der Waals surface area contributed by atoms with Crippen molar-refractivity contribution in [3.05, 3.63) is 69.3 Å². The summed E-state index contributed by atoms with van der Waals surface area (Å²) in [7, 11) is 1.63. The van der Waals surface area contributed by atoms with Crippen LogP contribution in [-0.2, 0) is 4.79 Å². The van der Waals surface area contributed by atoms with E-state index in [9.17, 15) is 4.79 Å². The van der Waals surface area contributed by atoms with E-state index in [0.29, 0.717) is 28.2 Å². The van der Waals surface area contributed by atoms with Gasteiger partial charge in [0.25, 0.3) is 0 Å². The molecular weight excluding hydrogens is 423 g/mol. The largest absolute Gasteiger partial charge is 0.497 e. The van der Waals surface area contributed by atoms with Crippen LogP contribution in [0.15, 0.2) is 53.7 Å². The first-order valence-corrected chi connectivity index (χ1v) is 10.4. The highest BCUT2D eigenvalue weighted by Gasteiger charge is 2.37. The van der Waals surface area contributed by atoms with Crippen molar-refractivity contribution in [1.29, 1.82) is 0 Å². The van der Waals surface area contributed by atoms with Crippen LogP contribution in [0, 0.1) is 0 Å². The number of aromatic nitrogens is 3. The average molecular weight is 441 g/mol. The molecule has 0 saturated heterocycles. The molecule has 1 aliphatic carbocycles. The van der Waals surface area contributed by atoms with Crippen LogP contribution in [0.5, 0.6) is 5.75 Å². The van der Waals surface area contributed by atoms with Gasteiger partial charge in [-0.15, -0.1) is 5.10 Å². The minimum Gasteiger partial charge on any atom is -0.497 e. The molecule has 1 aliphatic heterocycles. The lowest BCUT2D eigenvalue weighted by Crippen LogP contribution is -2.31. The Hall–Kier alpha value is -2.83. The fourth-order valence-corrected chi connectivity index (χ4v) is 4.33. The topological polar surface area (TPSA) is 69.0 Å². The number of carbonyl (C=O) groups is 1. The molecule has 0 amide bonds. The van der Waals surface area contributed by atoms with Gasteiger partial charge in [-0.05, 0) is 48.7 Å². The van der Waals surface area contributed by atoms with E-state index in [1.54, 1.807) is 23.9 Å². The standard InChI is InChI=1S/C22H18Cl2N4O2/c1-30-14-5-2-4-12(10-14)20-19-17(6-3-7-18(19)29)25-22-26-21(27-28(20)22)13-8-9-15(23)16(24)11-13/h2,4-5,8-11,20H,3,6-7H2,1H3,(H,25,26,27). The molecule has 6 nitrogen and oxygen atoms in total. The maximum absolute atomic E-state index is 12.9. The number of methoxy groups -OCH3 is 1. The van der Waals surface area contributed by atoms with E-state index in [0.717, 1.165) is 41.0 Å². The van der Waals surface area contributed by atoms with Crippen molar-refractivity contribution in [1.82, 2.24) is 14.8 Å². The predicted molar refractivity (Wildman–Crippen MR) is 116 cm³/mol. The number of ether oxygens (including phenoxy) is 1. The van der Waals surface area contributed by atoms with Crippen LogP contribution in [0.2, 0.25) is 10.0 Å². The first-order valence-electron chi connectivity index (χ1n) is 9.64. The van der Waals surface area contributed by atoms with Gasteiger partial charge in [0, 0.05) is 23.3 Å². The fourth-order valence-electron chi connectivity index (χ4n) is 4.03. The molecule has 2 aromatic carbocycles. The van der Waals surface area contributed by atoms with Gasteiger partial charge in [-0.1, -0.05) is 35.3 Å². The molecule has 1 N–H and O–H groups in total. The number of rotatable bonds is 3. The summed E-state index contributed by atoms with van der Waals surface area (Å²) in [6.07, 6.45) is 2.16. The second-order valence-corrected chi connectivity index (χ2v) is 8.12. The van der Waals surface area contributed by atoms with Crippen molar-refractivity contribution >= 4 is 34.9 Å². The molecule has 1 unspecified atom stereocenters. The van der Waals surface area contributed by atoms with Crippen LogP contribution >= 0.6 is 23.2 Å². The Kier molecular flexibility index (Phi) is 4.76. The third kappa shape index (κ3) is 3.16. The number of anilines is 1. The van der Waals surface area contributed by atoms with Crippen LogP contribution in [0.4, 0.5) is 5.95 Å². The summed E-state index contributed by atoms with van der Waals surface area (Å²) in [5.74, 6) is 1.96. The number of nitrogens with zero attached hydrogens (tertiary/aromatic N) is 3. The van der Waals surface area contributed by atoms with Crippen molar-refractivity contribution in [2.75, 3.05) is 12.4 Å². The minimum atomic E-state index is -0.372. The van der Waals surface area contributed by atoms with Gasteiger partial charge in [0.1, 0.15) is 11.8 Å². The molecule has 30 heavy (non-hydrogen) atoms. The van der Waals surface area contributed by atoms with E-state index in [1.807, 2.05) is 30.3 Å². The number of fused-ring (bicyclic) bond motifs is 1. The van der Waals surface area contributed by atoms with Gasteiger partial charge in [-0.25, -0.2) is 4.68 Å². The number of benzene rings is 2. The average Bonchev–Trinajstić information content (AvgIpc) is 3.18. The highest BCUT2D eigenvalue weighted by atomic mass is 35.5. The molecule has 2 aliphatic rings. The molecule has 0 saturated carbocycles. The molecule has 2 heterocycles. The summed E-state index contributed by atoms with van der Waals surface area (Å²) in [6, 6.07) is 12.6. The summed E-state index contributed by atoms with van der Waals surface area (Å²) >= 11 is 12.2. The number of allylic oxidation sites excluding steroid dienone is 2. The monoisotopic (exact) mass is 440 g/mol. The molecule has 0 bridgehead atoms. The van der Waals surface area contributed by atoms with Gasteiger partial charge >= 0.3 is 0 Å². The second kappa shape index (κ2) is 7.45.